The van der Waals surface area contributed by atoms with E-state index in [0.29, 0.717) is 0 Å². The first kappa shape index (κ1) is 16.2. The molecule has 3 amide bonds. The Hall–Kier alpha value is -4.28. The number of carbonyl (C=O) groups is 3. The van der Waals surface area contributed by atoms with Crippen LogP contribution in [0.4, 0.5) is 22.0 Å². The van der Waals surface area contributed by atoms with E-state index in [0.717, 1.165) is 17.0 Å². The number of carboxylic acid groups (broad SMARTS) is 1. The molecule has 4 rings (SSSR count). The zero-order valence-corrected chi connectivity index (χ0v) is 13.2. The molecule has 0 bridgehead atoms. The number of rotatable bonds is 3. The molecule has 27 heavy (non-hydrogen) atoms. The van der Waals surface area contributed by atoms with Crippen LogP contribution < -0.4 is 10.2 Å². The third-order valence-corrected chi connectivity index (χ3v) is 4.01. The third-order valence-electron chi connectivity index (χ3n) is 4.01. The van der Waals surface area contributed by atoms with Crippen LogP contribution in [-0.2, 0) is 0 Å². The van der Waals surface area contributed by atoms with Crippen molar-refractivity contribution >= 4 is 46.1 Å². The summed E-state index contributed by atoms with van der Waals surface area (Å²) in [4.78, 5) is 47.2. The largest absolute Gasteiger partial charge is 0.465 e. The molecule has 2 heterocycles. The molecule has 3 aromatic rings. The van der Waals surface area contributed by atoms with Crippen molar-refractivity contribution in [1.29, 1.82) is 0 Å². The lowest BCUT2D eigenvalue weighted by molar-refractivity contribution is -0.383. The Morgan fingerprint density at radius 3 is 2.37 bits per heavy atom. The van der Waals surface area contributed by atoms with Gasteiger partial charge in [0.1, 0.15) is 5.69 Å². The van der Waals surface area contributed by atoms with Gasteiger partial charge in [-0.3, -0.25) is 25.0 Å². The van der Waals surface area contributed by atoms with Gasteiger partial charge in [-0.05, 0) is 12.1 Å². The zero-order chi connectivity index (χ0) is 19.3. The van der Waals surface area contributed by atoms with Crippen LogP contribution in [0.1, 0.15) is 20.7 Å². The molecule has 134 valence electrons. The molecule has 11 heteroatoms. The van der Waals surface area contributed by atoms with Gasteiger partial charge < -0.3 is 9.63 Å². The first-order valence-corrected chi connectivity index (χ1v) is 7.44. The van der Waals surface area contributed by atoms with Crippen molar-refractivity contribution in [2.24, 2.45) is 0 Å². The Morgan fingerprint density at radius 2 is 1.81 bits per heavy atom. The fraction of sp³-hybridized carbons (Fsp3) is 0. The first-order chi connectivity index (χ1) is 12.9. The number of nitro groups is 1. The summed E-state index contributed by atoms with van der Waals surface area (Å²) < 4.78 is 5.06. The van der Waals surface area contributed by atoms with Crippen LogP contribution in [0.25, 0.3) is 11.0 Å². The van der Waals surface area contributed by atoms with Gasteiger partial charge >= 0.3 is 6.09 Å². The van der Waals surface area contributed by atoms with Crippen LogP contribution >= 0.6 is 0 Å². The van der Waals surface area contributed by atoms with E-state index in [1.165, 1.54) is 12.1 Å². The highest BCUT2D eigenvalue weighted by atomic mass is 16.6. The minimum atomic E-state index is -1.50. The number of hydrogen-bond acceptors (Lipinski definition) is 7. The second-order valence-electron chi connectivity index (χ2n) is 5.55. The molecule has 0 unspecified atom stereocenters. The predicted octanol–water partition coefficient (Wildman–Crippen LogP) is 2.63. The maximum absolute atomic E-state index is 12.6. The van der Waals surface area contributed by atoms with Crippen molar-refractivity contribution in [3.63, 3.8) is 0 Å². The van der Waals surface area contributed by atoms with Crippen molar-refractivity contribution in [3.05, 3.63) is 57.6 Å². The van der Waals surface area contributed by atoms with Crippen molar-refractivity contribution in [1.82, 2.24) is 5.16 Å². The summed E-state index contributed by atoms with van der Waals surface area (Å²) in [6.45, 7) is 0. The topological polar surface area (TPSA) is 156 Å². The Morgan fingerprint density at radius 1 is 1.19 bits per heavy atom. The van der Waals surface area contributed by atoms with E-state index >= 15 is 0 Å². The lowest BCUT2D eigenvalue weighted by atomic mass is 10.1. The van der Waals surface area contributed by atoms with Crippen molar-refractivity contribution in [2.45, 2.75) is 0 Å². The summed E-state index contributed by atoms with van der Waals surface area (Å²) >= 11 is 0. The fourth-order valence-corrected chi connectivity index (χ4v) is 2.87. The van der Waals surface area contributed by atoms with Gasteiger partial charge in [0.15, 0.2) is 11.4 Å². The quantitative estimate of drug-likeness (QED) is 0.406. The molecule has 1 aromatic heterocycles. The first-order valence-electron chi connectivity index (χ1n) is 7.44. The third kappa shape index (κ3) is 2.37. The standard InChI is InChI=1S/C16H8N4O7/c21-14-7-3-1-2-4-8(7)15(22)19(14)13-9-5-11(20(25)26)10(17-16(23)24)6-12(9)27-18-13/h1-6,17H,(H,23,24). The van der Waals surface area contributed by atoms with E-state index < -0.39 is 28.5 Å². The molecular weight excluding hydrogens is 360 g/mol. The van der Waals surface area contributed by atoms with Crippen LogP contribution in [-0.4, -0.2) is 33.1 Å². The monoisotopic (exact) mass is 368 g/mol. The molecule has 1 aliphatic rings. The van der Waals surface area contributed by atoms with Crippen LogP contribution in [0, 0.1) is 10.1 Å². The van der Waals surface area contributed by atoms with Gasteiger partial charge in [-0.25, -0.2) is 9.69 Å². The van der Waals surface area contributed by atoms with E-state index in [2.05, 4.69) is 5.16 Å². The number of anilines is 2. The van der Waals surface area contributed by atoms with Gasteiger partial charge in [-0.2, -0.15) is 0 Å². The minimum absolute atomic E-state index is 0.0205. The Bertz CT molecular complexity index is 1130. The molecule has 0 saturated heterocycles. The predicted molar refractivity (Wildman–Crippen MR) is 89.9 cm³/mol. The fourth-order valence-electron chi connectivity index (χ4n) is 2.87. The van der Waals surface area contributed by atoms with Gasteiger partial charge in [-0.1, -0.05) is 17.3 Å². The summed E-state index contributed by atoms with van der Waals surface area (Å²) in [5.74, 6) is -1.48. The number of hydrogen-bond donors (Lipinski definition) is 2. The summed E-state index contributed by atoms with van der Waals surface area (Å²) in [6, 6.07) is 8.23. The van der Waals surface area contributed by atoms with Crippen molar-refractivity contribution in [2.75, 3.05) is 10.2 Å². The zero-order valence-electron chi connectivity index (χ0n) is 13.2. The van der Waals surface area contributed by atoms with Crippen LogP contribution in [0.15, 0.2) is 40.9 Å². The normalized spacial score (nSPS) is 13.1. The summed E-state index contributed by atoms with van der Waals surface area (Å²) in [5, 5.41) is 25.7. The number of imide groups is 1. The van der Waals surface area contributed by atoms with Gasteiger partial charge in [0.2, 0.25) is 0 Å². The molecule has 2 N–H and O–H groups in total. The summed E-state index contributed by atoms with van der Waals surface area (Å²) in [7, 11) is 0. The van der Waals surface area contributed by atoms with Crippen LogP contribution in [0.2, 0.25) is 0 Å². The number of nitrogens with one attached hydrogen (secondary N) is 1. The number of benzene rings is 2. The molecule has 2 aromatic carbocycles. The molecule has 11 nitrogen and oxygen atoms in total. The second kappa shape index (κ2) is 5.62. The number of aromatic nitrogens is 1. The lowest BCUT2D eigenvalue weighted by Gasteiger charge is -2.10. The van der Waals surface area contributed by atoms with Gasteiger partial charge in [-0.15, -0.1) is 0 Å². The van der Waals surface area contributed by atoms with E-state index in [-0.39, 0.29) is 33.6 Å². The van der Waals surface area contributed by atoms with Gasteiger partial charge in [0, 0.05) is 12.1 Å². The second-order valence-corrected chi connectivity index (χ2v) is 5.55. The Kier molecular flexibility index (Phi) is 3.37. The molecule has 1 aliphatic heterocycles. The number of nitro benzene ring substituents is 1. The van der Waals surface area contributed by atoms with Crippen LogP contribution in [0.5, 0.6) is 0 Å². The minimum Gasteiger partial charge on any atom is -0.465 e. The number of carbonyl (C=O) groups excluding carboxylic acids is 2. The van der Waals surface area contributed by atoms with E-state index in [9.17, 15) is 24.5 Å². The number of fused-ring (bicyclic) bond motifs is 2. The molecule has 0 saturated carbocycles. The summed E-state index contributed by atoms with van der Waals surface area (Å²) in [6.07, 6.45) is -1.50. The van der Waals surface area contributed by atoms with Crippen LogP contribution in [0.3, 0.4) is 0 Å². The molecule has 0 aliphatic carbocycles. The average molecular weight is 368 g/mol. The van der Waals surface area contributed by atoms with E-state index in [4.69, 9.17) is 9.63 Å². The number of amides is 3. The SMILES string of the molecule is O=C(O)Nc1cc2onc(N3C(=O)c4ccccc4C3=O)c2cc1[N+](=O)[O-]. The van der Waals surface area contributed by atoms with E-state index in [1.807, 2.05) is 5.32 Å². The average Bonchev–Trinajstić information content (AvgIpc) is 3.13. The van der Waals surface area contributed by atoms with Gasteiger partial charge in [0.05, 0.1) is 21.4 Å². The van der Waals surface area contributed by atoms with Crippen molar-refractivity contribution < 1.29 is 28.9 Å². The summed E-state index contributed by atoms with van der Waals surface area (Å²) in [5.41, 5.74) is -0.582. The maximum atomic E-state index is 12.6. The Balaban J connectivity index is 1.88. The van der Waals surface area contributed by atoms with E-state index in [1.54, 1.807) is 12.1 Å². The molecule has 0 atom stereocenters. The molecule has 0 fully saturated rings. The maximum Gasteiger partial charge on any atom is 0.409 e. The highest BCUT2D eigenvalue weighted by Crippen LogP contribution is 2.37. The Labute approximate surface area is 148 Å². The molecule has 0 spiro atoms. The smallest absolute Gasteiger partial charge is 0.409 e. The number of nitrogens with zero attached hydrogens (tertiary/aromatic N) is 3. The highest BCUT2D eigenvalue weighted by molar-refractivity contribution is 6.35. The molecular formula is C16H8N4O7. The lowest BCUT2D eigenvalue weighted by Crippen LogP contribution is -2.29. The highest BCUT2D eigenvalue weighted by Gasteiger charge is 2.39. The van der Waals surface area contributed by atoms with Crippen molar-refractivity contribution in [3.8, 4) is 0 Å². The molecule has 0 radical (unpaired) electrons. The van der Waals surface area contributed by atoms with Gasteiger partial charge in [0.25, 0.3) is 17.5 Å².